The fraction of sp³-hybridized carbons (Fsp3) is 0.905. The third kappa shape index (κ3) is 2.12. The van der Waals surface area contributed by atoms with Crippen LogP contribution >= 0.6 is 15.9 Å². The van der Waals surface area contributed by atoms with Crippen molar-refractivity contribution in [3.8, 4) is 0 Å². The van der Waals surface area contributed by atoms with E-state index in [0.717, 1.165) is 36.9 Å². The van der Waals surface area contributed by atoms with E-state index >= 15 is 4.39 Å². The van der Waals surface area contributed by atoms with Crippen molar-refractivity contribution in [2.24, 2.45) is 28.6 Å². The number of fused-ring (bicyclic) bond motifs is 5. The number of alkyl halides is 2. The Morgan fingerprint density at radius 2 is 1.96 bits per heavy atom. The highest BCUT2D eigenvalue weighted by molar-refractivity contribution is 9.09. The van der Waals surface area contributed by atoms with Gasteiger partial charge in [0.2, 0.25) is 0 Å². The van der Waals surface area contributed by atoms with Gasteiger partial charge in [0.05, 0.1) is 0 Å². The van der Waals surface area contributed by atoms with Crippen molar-refractivity contribution in [2.45, 2.75) is 83.7 Å². The highest BCUT2D eigenvalue weighted by Crippen LogP contribution is 2.69. The van der Waals surface area contributed by atoms with Crippen LogP contribution in [0.2, 0.25) is 0 Å². The quantitative estimate of drug-likeness (QED) is 0.362. The average Bonchev–Trinajstić information content (AvgIpc) is 2.86. The summed E-state index contributed by atoms with van der Waals surface area (Å²) in [6, 6.07) is 0. The van der Waals surface area contributed by atoms with E-state index in [1.807, 2.05) is 0 Å². The first-order valence-electron chi connectivity index (χ1n) is 9.90. The van der Waals surface area contributed by atoms with E-state index in [9.17, 15) is 0 Å². The molecule has 3 fully saturated rings. The Hall–Kier alpha value is 0.150. The number of halogens is 2. The summed E-state index contributed by atoms with van der Waals surface area (Å²) in [5, 5.41) is 1.11. The molecule has 0 aromatic rings. The van der Waals surface area contributed by atoms with Crippen LogP contribution in [0.25, 0.3) is 0 Å². The van der Waals surface area contributed by atoms with Crippen LogP contribution in [-0.2, 0) is 0 Å². The summed E-state index contributed by atoms with van der Waals surface area (Å²) < 4.78 is 16.6. The van der Waals surface area contributed by atoms with Gasteiger partial charge in [0.15, 0.2) is 0 Å². The summed E-state index contributed by atoms with van der Waals surface area (Å²) in [7, 11) is 0. The van der Waals surface area contributed by atoms with Gasteiger partial charge in [-0.3, -0.25) is 0 Å². The zero-order valence-corrected chi connectivity index (χ0v) is 16.4. The maximum atomic E-state index is 16.6. The summed E-state index contributed by atoms with van der Waals surface area (Å²) >= 11 is 3.65. The first-order valence-corrected chi connectivity index (χ1v) is 11.0. The maximum absolute atomic E-state index is 16.6. The lowest BCUT2D eigenvalue weighted by Crippen LogP contribution is -2.60. The molecule has 0 nitrogen and oxygen atoms in total. The lowest BCUT2D eigenvalue weighted by molar-refractivity contribution is -0.144. The van der Waals surface area contributed by atoms with E-state index in [-0.39, 0.29) is 5.41 Å². The van der Waals surface area contributed by atoms with Gasteiger partial charge in [-0.15, -0.1) is 0 Å². The minimum absolute atomic E-state index is 0.150. The van der Waals surface area contributed by atoms with Crippen LogP contribution in [0.15, 0.2) is 11.6 Å². The summed E-state index contributed by atoms with van der Waals surface area (Å²) in [5.41, 5.74) is 0.801. The van der Waals surface area contributed by atoms with Gasteiger partial charge in [0, 0.05) is 10.7 Å². The van der Waals surface area contributed by atoms with Crippen LogP contribution in [0.5, 0.6) is 0 Å². The van der Waals surface area contributed by atoms with E-state index in [0.29, 0.717) is 17.3 Å². The van der Waals surface area contributed by atoms with Crippen LogP contribution in [0.1, 0.15) is 78.1 Å². The molecule has 0 aliphatic heterocycles. The topological polar surface area (TPSA) is 0 Å². The molecule has 0 heterocycles. The van der Waals surface area contributed by atoms with Gasteiger partial charge < -0.3 is 0 Å². The second-order valence-electron chi connectivity index (χ2n) is 9.33. The Balaban J connectivity index is 1.69. The van der Waals surface area contributed by atoms with E-state index in [1.165, 1.54) is 44.1 Å². The molecule has 1 unspecified atom stereocenters. The van der Waals surface area contributed by atoms with E-state index in [2.05, 4.69) is 35.9 Å². The largest absolute Gasteiger partial charge is 0.243 e. The Bertz CT molecular complexity index is 514. The smallest absolute Gasteiger partial charge is 0.123 e. The Labute approximate surface area is 149 Å². The molecule has 0 spiro atoms. The second-order valence-corrected chi connectivity index (χ2v) is 10.1. The summed E-state index contributed by atoms with van der Waals surface area (Å²) in [4.78, 5) is 0. The molecule has 0 amide bonds. The monoisotopic (exact) mass is 382 g/mol. The summed E-state index contributed by atoms with van der Waals surface area (Å²) in [5.74, 6) is 1.76. The fourth-order valence-corrected chi connectivity index (χ4v) is 7.90. The molecule has 0 aromatic heterocycles. The highest BCUT2D eigenvalue weighted by atomic mass is 79.9. The lowest BCUT2D eigenvalue weighted by Gasteiger charge is -2.61. The number of hydrogen-bond donors (Lipinski definition) is 0. The van der Waals surface area contributed by atoms with E-state index < -0.39 is 5.67 Å². The average molecular weight is 383 g/mol. The van der Waals surface area contributed by atoms with Crippen molar-refractivity contribution in [2.75, 3.05) is 5.33 Å². The molecule has 6 atom stereocenters. The molecule has 0 bridgehead atoms. The zero-order chi connectivity index (χ0) is 16.3. The molecule has 4 aliphatic rings. The van der Waals surface area contributed by atoms with Gasteiger partial charge in [-0.05, 0) is 87.4 Å². The van der Waals surface area contributed by atoms with Crippen LogP contribution in [0.4, 0.5) is 4.39 Å². The van der Waals surface area contributed by atoms with Crippen molar-refractivity contribution in [1.82, 2.24) is 0 Å². The van der Waals surface area contributed by atoms with Gasteiger partial charge in [-0.25, -0.2) is 4.39 Å². The molecule has 2 heteroatoms. The Kier molecular flexibility index (Phi) is 4.03. The Morgan fingerprint density at radius 3 is 2.74 bits per heavy atom. The molecule has 4 aliphatic carbocycles. The lowest BCUT2D eigenvalue weighted by atomic mass is 9.45. The summed E-state index contributed by atoms with van der Waals surface area (Å²) in [6.45, 7) is 4.78. The van der Waals surface area contributed by atoms with Crippen LogP contribution in [-0.4, -0.2) is 11.0 Å². The van der Waals surface area contributed by atoms with Crippen molar-refractivity contribution in [1.29, 1.82) is 0 Å². The molecular weight excluding hydrogens is 351 g/mol. The number of rotatable bonds is 2. The molecule has 4 rings (SSSR count). The van der Waals surface area contributed by atoms with Gasteiger partial charge in [0.1, 0.15) is 5.67 Å². The number of hydrogen-bond acceptors (Lipinski definition) is 0. The molecule has 130 valence electrons. The minimum Gasteiger partial charge on any atom is -0.243 e. The molecule has 3 saturated carbocycles. The molecular formula is C21H32BrF. The molecule has 0 saturated heterocycles. The third-order valence-electron chi connectivity index (χ3n) is 8.79. The normalized spacial score (nSPS) is 52.3. The van der Waals surface area contributed by atoms with Crippen LogP contribution in [0.3, 0.4) is 0 Å². The zero-order valence-electron chi connectivity index (χ0n) is 14.8. The minimum atomic E-state index is -0.926. The standard InChI is InChI=1S/C21H32BrF/c1-19-12-13-21(23)18(17(19)8-6-15(19)10-14-22)9-7-16-5-3-4-11-20(16,21)2/h5,15,17-18H,3-4,6-14H2,1-2H3/t15-,17+,18+,19-,20+,21?/m1/s1. The van der Waals surface area contributed by atoms with Gasteiger partial charge >= 0.3 is 0 Å². The van der Waals surface area contributed by atoms with E-state index in [1.54, 1.807) is 0 Å². The van der Waals surface area contributed by atoms with Crippen LogP contribution < -0.4 is 0 Å². The van der Waals surface area contributed by atoms with Gasteiger partial charge in [-0.2, -0.15) is 0 Å². The van der Waals surface area contributed by atoms with Crippen LogP contribution in [0, 0.1) is 28.6 Å². The second kappa shape index (κ2) is 5.58. The molecule has 0 N–H and O–H groups in total. The SMILES string of the molecule is C[C@]12CCC3(F)[C@@H](CCC4=CCCC[C@@]43C)[C@@H]1CC[C@@H]2CCBr. The predicted octanol–water partition coefficient (Wildman–Crippen LogP) is 6.83. The van der Waals surface area contributed by atoms with Crippen molar-refractivity contribution < 1.29 is 4.39 Å². The third-order valence-corrected chi connectivity index (χ3v) is 9.24. The molecule has 23 heavy (non-hydrogen) atoms. The Morgan fingerprint density at radius 1 is 1.13 bits per heavy atom. The highest BCUT2D eigenvalue weighted by Gasteiger charge is 2.66. The van der Waals surface area contributed by atoms with Crippen molar-refractivity contribution >= 4 is 15.9 Å². The first kappa shape index (κ1) is 16.6. The maximum Gasteiger partial charge on any atom is 0.123 e. The van der Waals surface area contributed by atoms with Gasteiger partial charge in [-0.1, -0.05) is 41.4 Å². The van der Waals surface area contributed by atoms with E-state index in [4.69, 9.17) is 0 Å². The first-order chi connectivity index (χ1) is 11.0. The van der Waals surface area contributed by atoms with Gasteiger partial charge in [0.25, 0.3) is 0 Å². The van der Waals surface area contributed by atoms with Crippen molar-refractivity contribution in [3.63, 3.8) is 0 Å². The van der Waals surface area contributed by atoms with Crippen molar-refractivity contribution in [3.05, 3.63) is 11.6 Å². The summed E-state index contributed by atoms with van der Waals surface area (Å²) in [6.07, 6.45) is 14.0. The fourth-order valence-electron chi connectivity index (χ4n) is 7.35. The number of allylic oxidation sites excluding steroid dienone is 2. The molecule has 0 radical (unpaired) electrons. The predicted molar refractivity (Wildman–Crippen MR) is 98.6 cm³/mol. The molecule has 0 aromatic carbocycles.